The third-order valence-corrected chi connectivity index (χ3v) is 6.94. The molecule has 3 aromatic rings. The van der Waals surface area contributed by atoms with Gasteiger partial charge in [0.05, 0.1) is 31.0 Å². The summed E-state index contributed by atoms with van der Waals surface area (Å²) in [5.41, 5.74) is -0.166. The van der Waals surface area contributed by atoms with E-state index in [0.717, 1.165) is 27.1 Å². The number of hydrogen-bond donors (Lipinski definition) is 1. The van der Waals surface area contributed by atoms with Gasteiger partial charge in [0.25, 0.3) is 0 Å². The summed E-state index contributed by atoms with van der Waals surface area (Å²) in [6, 6.07) is 18.1. The summed E-state index contributed by atoms with van der Waals surface area (Å²) >= 11 is 0. The first-order valence-electron chi connectivity index (χ1n) is 12.7. The molecule has 3 aromatic carbocycles. The largest absolute Gasteiger partial charge is 0.469 e. The van der Waals surface area contributed by atoms with Crippen LogP contribution in [0.1, 0.15) is 45.6 Å². The lowest BCUT2D eigenvalue weighted by Gasteiger charge is -2.31. The number of esters is 3. The van der Waals surface area contributed by atoms with E-state index in [1.807, 2.05) is 55.5 Å². The highest BCUT2D eigenvalue weighted by Gasteiger charge is 2.41. The van der Waals surface area contributed by atoms with E-state index >= 15 is 0 Å². The van der Waals surface area contributed by atoms with E-state index in [1.54, 1.807) is 13.8 Å². The standard InChI is InChI=1S/C30H36O7/c1-5-21(28(33)36-15-14-31)18-30(3,29(34)35-4)17-20(2)27(32)37-19-26-24-12-8-6-10-22(24)16-23-11-7-9-13-25(23)26/h6-13,16,20-21,31H,5,14-15,17-19H2,1-4H3. The zero-order valence-electron chi connectivity index (χ0n) is 22.0. The van der Waals surface area contributed by atoms with Crippen molar-refractivity contribution in [3.05, 3.63) is 60.2 Å². The Hall–Kier alpha value is -3.45. The number of aliphatic hydroxyl groups excluding tert-OH is 1. The van der Waals surface area contributed by atoms with Crippen LogP contribution in [0, 0.1) is 17.3 Å². The van der Waals surface area contributed by atoms with E-state index in [1.165, 1.54) is 7.11 Å². The highest BCUT2D eigenvalue weighted by Crippen LogP contribution is 2.37. The van der Waals surface area contributed by atoms with E-state index in [4.69, 9.17) is 19.3 Å². The topological polar surface area (TPSA) is 99.1 Å². The highest BCUT2D eigenvalue weighted by atomic mass is 16.5. The van der Waals surface area contributed by atoms with E-state index in [2.05, 4.69) is 6.07 Å². The van der Waals surface area contributed by atoms with E-state index in [-0.39, 0.29) is 32.7 Å². The number of carbonyl (C=O) groups excluding carboxylic acids is 3. The lowest BCUT2D eigenvalue weighted by Crippen LogP contribution is -2.37. The average molecular weight is 509 g/mol. The Labute approximate surface area is 217 Å². The third kappa shape index (κ3) is 6.66. The maximum Gasteiger partial charge on any atom is 0.311 e. The summed E-state index contributed by atoms with van der Waals surface area (Å²) in [6.07, 6.45) is 0.758. The summed E-state index contributed by atoms with van der Waals surface area (Å²) in [7, 11) is 1.29. The fourth-order valence-corrected chi connectivity index (χ4v) is 5.01. The highest BCUT2D eigenvalue weighted by molar-refractivity contribution is 6.02. The first kappa shape index (κ1) is 28.1. The van der Waals surface area contributed by atoms with Crippen molar-refractivity contribution in [3.8, 4) is 0 Å². The van der Waals surface area contributed by atoms with Gasteiger partial charge in [-0.3, -0.25) is 14.4 Å². The van der Waals surface area contributed by atoms with Crippen LogP contribution in [0.3, 0.4) is 0 Å². The van der Waals surface area contributed by atoms with Gasteiger partial charge in [0.15, 0.2) is 0 Å². The molecule has 3 atom stereocenters. The number of carbonyl (C=O) groups is 3. The number of methoxy groups -OCH3 is 1. The van der Waals surface area contributed by atoms with Crippen molar-refractivity contribution in [1.82, 2.24) is 0 Å². The monoisotopic (exact) mass is 508 g/mol. The quantitative estimate of drug-likeness (QED) is 0.204. The predicted octanol–water partition coefficient (Wildman–Crippen LogP) is 5.19. The molecule has 0 saturated carbocycles. The molecule has 37 heavy (non-hydrogen) atoms. The molecule has 3 rings (SSSR count). The summed E-state index contributed by atoms with van der Waals surface area (Å²) < 4.78 is 15.9. The molecule has 198 valence electrons. The number of fused-ring (bicyclic) bond motifs is 2. The molecule has 0 aromatic heterocycles. The van der Waals surface area contributed by atoms with Gasteiger partial charge in [-0.25, -0.2) is 0 Å². The van der Waals surface area contributed by atoms with E-state index < -0.39 is 35.2 Å². The van der Waals surface area contributed by atoms with Gasteiger partial charge in [0.2, 0.25) is 0 Å². The second-order valence-electron chi connectivity index (χ2n) is 9.76. The molecule has 7 nitrogen and oxygen atoms in total. The van der Waals surface area contributed by atoms with Crippen molar-refractivity contribution in [2.75, 3.05) is 20.3 Å². The number of rotatable bonds is 12. The second-order valence-corrected chi connectivity index (χ2v) is 9.76. The Morgan fingerprint density at radius 1 is 0.919 bits per heavy atom. The SMILES string of the molecule is CCC(CC(C)(CC(C)C(=O)OCc1c2ccccc2cc2ccccc12)C(=O)OC)C(=O)OCCO. The molecule has 0 fully saturated rings. The Morgan fingerprint density at radius 2 is 1.51 bits per heavy atom. The lowest BCUT2D eigenvalue weighted by atomic mass is 9.74. The van der Waals surface area contributed by atoms with Gasteiger partial charge in [-0.2, -0.15) is 0 Å². The van der Waals surface area contributed by atoms with Gasteiger partial charge in [0, 0.05) is 5.56 Å². The smallest absolute Gasteiger partial charge is 0.311 e. The van der Waals surface area contributed by atoms with Crippen molar-refractivity contribution in [2.24, 2.45) is 17.3 Å². The number of benzene rings is 3. The maximum atomic E-state index is 13.1. The van der Waals surface area contributed by atoms with Gasteiger partial charge in [-0.15, -0.1) is 0 Å². The molecule has 7 heteroatoms. The van der Waals surface area contributed by atoms with Crippen molar-refractivity contribution < 1.29 is 33.7 Å². The molecule has 3 unspecified atom stereocenters. The Bertz CT molecular complexity index is 1200. The first-order valence-corrected chi connectivity index (χ1v) is 12.7. The fourth-order valence-electron chi connectivity index (χ4n) is 5.01. The molecule has 0 aliphatic rings. The Morgan fingerprint density at radius 3 is 2.05 bits per heavy atom. The van der Waals surface area contributed by atoms with Crippen LogP contribution >= 0.6 is 0 Å². The number of ether oxygens (including phenoxy) is 3. The van der Waals surface area contributed by atoms with Gasteiger partial charge >= 0.3 is 17.9 Å². The minimum Gasteiger partial charge on any atom is -0.469 e. The van der Waals surface area contributed by atoms with Gasteiger partial charge in [0.1, 0.15) is 13.2 Å². The predicted molar refractivity (Wildman–Crippen MR) is 142 cm³/mol. The molecule has 0 heterocycles. The van der Waals surface area contributed by atoms with Gasteiger partial charge < -0.3 is 19.3 Å². The summed E-state index contributed by atoms with van der Waals surface area (Å²) in [4.78, 5) is 38.3. The van der Waals surface area contributed by atoms with Crippen LogP contribution in [-0.4, -0.2) is 43.3 Å². The Kier molecular flexibility index (Phi) is 9.64. The zero-order chi connectivity index (χ0) is 27.0. The van der Waals surface area contributed by atoms with Crippen molar-refractivity contribution in [3.63, 3.8) is 0 Å². The normalized spacial score (nSPS) is 14.5. The van der Waals surface area contributed by atoms with Crippen LogP contribution in [-0.2, 0) is 35.2 Å². The second kappa shape index (κ2) is 12.7. The van der Waals surface area contributed by atoms with Crippen LogP contribution in [0.4, 0.5) is 0 Å². The van der Waals surface area contributed by atoms with Crippen molar-refractivity contribution in [1.29, 1.82) is 0 Å². The molecule has 0 saturated heterocycles. The molecule has 0 bridgehead atoms. The average Bonchev–Trinajstić information content (AvgIpc) is 2.91. The van der Waals surface area contributed by atoms with Gasteiger partial charge in [-0.1, -0.05) is 62.4 Å². The molecular formula is C30H36O7. The summed E-state index contributed by atoms with van der Waals surface area (Å²) in [5, 5.41) is 13.1. The van der Waals surface area contributed by atoms with E-state index in [0.29, 0.717) is 6.42 Å². The summed E-state index contributed by atoms with van der Waals surface area (Å²) in [5.74, 6) is -2.59. The lowest BCUT2D eigenvalue weighted by molar-refractivity contribution is -0.160. The molecule has 0 amide bonds. The molecule has 0 radical (unpaired) electrons. The molecule has 0 aliphatic heterocycles. The number of hydrogen-bond acceptors (Lipinski definition) is 7. The van der Waals surface area contributed by atoms with Crippen molar-refractivity contribution >= 4 is 39.5 Å². The minimum absolute atomic E-state index is 0.101. The van der Waals surface area contributed by atoms with Crippen molar-refractivity contribution in [2.45, 2.75) is 46.6 Å². The fraction of sp³-hybridized carbons (Fsp3) is 0.433. The van der Waals surface area contributed by atoms with Crippen LogP contribution in [0.2, 0.25) is 0 Å². The molecule has 1 N–H and O–H groups in total. The van der Waals surface area contributed by atoms with Crippen LogP contribution in [0.15, 0.2) is 54.6 Å². The minimum atomic E-state index is -1.10. The van der Waals surface area contributed by atoms with Crippen LogP contribution in [0.5, 0.6) is 0 Å². The third-order valence-electron chi connectivity index (χ3n) is 6.94. The van der Waals surface area contributed by atoms with Gasteiger partial charge in [-0.05, 0) is 53.8 Å². The van der Waals surface area contributed by atoms with Crippen LogP contribution < -0.4 is 0 Å². The van der Waals surface area contributed by atoms with E-state index in [9.17, 15) is 14.4 Å². The molecule has 0 aliphatic carbocycles. The maximum absolute atomic E-state index is 13.1. The Balaban J connectivity index is 1.77. The molecule has 0 spiro atoms. The molecular weight excluding hydrogens is 472 g/mol. The number of aliphatic hydroxyl groups is 1. The zero-order valence-corrected chi connectivity index (χ0v) is 22.0. The first-order chi connectivity index (χ1) is 17.7. The van der Waals surface area contributed by atoms with Crippen LogP contribution in [0.25, 0.3) is 21.5 Å². The summed E-state index contributed by atoms with van der Waals surface area (Å²) in [6.45, 7) is 4.97.